The molecule has 3 aromatic rings. The van der Waals surface area contributed by atoms with Crippen molar-refractivity contribution in [1.82, 2.24) is 19.8 Å². The van der Waals surface area contributed by atoms with Gasteiger partial charge in [0.25, 0.3) is 5.91 Å². The maximum Gasteiger partial charge on any atom is 0.318 e. The summed E-state index contributed by atoms with van der Waals surface area (Å²) in [5, 5.41) is 11.8. The third kappa shape index (κ3) is 5.54. The molecule has 0 aliphatic carbocycles. The highest BCUT2D eigenvalue weighted by molar-refractivity contribution is 5.91. The predicted molar refractivity (Wildman–Crippen MR) is 157 cm³/mol. The molecule has 6 rings (SSSR count). The van der Waals surface area contributed by atoms with Crippen molar-refractivity contribution in [1.29, 1.82) is 5.26 Å². The second-order valence-electron chi connectivity index (χ2n) is 11.3. The molecule has 2 aromatic carbocycles. The van der Waals surface area contributed by atoms with Gasteiger partial charge >= 0.3 is 6.01 Å². The number of fused-ring (bicyclic) bond motifs is 2. The van der Waals surface area contributed by atoms with Crippen molar-refractivity contribution in [2.45, 2.75) is 50.5 Å². The van der Waals surface area contributed by atoms with Crippen molar-refractivity contribution in [3.8, 4) is 12.1 Å². The fraction of sp³-hybridized carbons (Fsp3) is 0.438. The number of hydrogen-bond acceptors (Lipinski definition) is 8. The van der Waals surface area contributed by atoms with E-state index in [1.54, 1.807) is 0 Å². The number of nitriles is 1. The molecule has 1 amide bonds. The van der Waals surface area contributed by atoms with Gasteiger partial charge in [-0.25, -0.2) is 4.39 Å². The van der Waals surface area contributed by atoms with Crippen LogP contribution < -0.4 is 9.64 Å². The number of carbonyl (C=O) groups is 1. The highest BCUT2D eigenvalue weighted by Gasteiger charge is 2.35. The smallest absolute Gasteiger partial charge is 0.318 e. The standard InChI is InChI=1S/C32H35FN6O3/c1-21(33)31(40)39-16-15-38(18-23(39)12-13-34)30-27-20-41-29(26-11-5-8-22-7-3-4-10-25(22)26)17-28(27)35-32(36-30)42-19-24-9-6-14-37(24)2/h3-5,7-8,10-11,23-24,29H,1,6,9,12,14-20H2,2H3/t23-,24-,29?/m0/s1. The van der Waals surface area contributed by atoms with E-state index in [2.05, 4.69) is 54.9 Å². The number of amides is 1. The van der Waals surface area contributed by atoms with Crippen molar-refractivity contribution in [2.24, 2.45) is 0 Å². The normalized spacial score (nSPS) is 22.5. The predicted octanol–water partition coefficient (Wildman–Crippen LogP) is 4.33. The van der Waals surface area contributed by atoms with Gasteiger partial charge in [-0.3, -0.25) is 4.79 Å². The minimum Gasteiger partial charge on any atom is -0.462 e. The van der Waals surface area contributed by atoms with Crippen LogP contribution in [-0.2, 0) is 22.6 Å². The van der Waals surface area contributed by atoms with Crippen LogP contribution in [0.5, 0.6) is 6.01 Å². The monoisotopic (exact) mass is 570 g/mol. The van der Waals surface area contributed by atoms with Gasteiger partial charge in [-0.2, -0.15) is 15.2 Å². The first-order chi connectivity index (χ1) is 20.4. The maximum atomic E-state index is 13.8. The summed E-state index contributed by atoms with van der Waals surface area (Å²) in [6.07, 6.45) is 2.65. The summed E-state index contributed by atoms with van der Waals surface area (Å²) in [6.45, 7) is 6.01. The van der Waals surface area contributed by atoms with Crippen LogP contribution in [0.4, 0.5) is 10.2 Å². The van der Waals surface area contributed by atoms with Gasteiger partial charge in [-0.1, -0.05) is 49.0 Å². The molecule has 1 unspecified atom stereocenters. The number of hydrogen-bond donors (Lipinski definition) is 0. The average Bonchev–Trinajstić information content (AvgIpc) is 3.43. The highest BCUT2D eigenvalue weighted by Crippen LogP contribution is 2.38. The fourth-order valence-electron chi connectivity index (χ4n) is 6.40. The Morgan fingerprint density at radius 3 is 2.79 bits per heavy atom. The van der Waals surface area contributed by atoms with Crippen LogP contribution in [0.1, 0.15) is 42.2 Å². The van der Waals surface area contributed by atoms with Crippen molar-refractivity contribution >= 4 is 22.5 Å². The second-order valence-corrected chi connectivity index (χ2v) is 11.3. The number of likely N-dealkylation sites (N-methyl/N-ethyl adjacent to an activating group) is 1. The maximum absolute atomic E-state index is 13.8. The van der Waals surface area contributed by atoms with E-state index in [1.807, 2.05) is 17.0 Å². The molecule has 2 fully saturated rings. The lowest BCUT2D eigenvalue weighted by atomic mass is 9.94. The molecule has 0 saturated carbocycles. The Hall–Kier alpha value is -4.07. The number of halogens is 1. The zero-order valence-electron chi connectivity index (χ0n) is 23.8. The van der Waals surface area contributed by atoms with Crippen LogP contribution >= 0.6 is 0 Å². The summed E-state index contributed by atoms with van der Waals surface area (Å²) in [4.78, 5) is 28.0. The van der Waals surface area contributed by atoms with Crippen LogP contribution in [0.3, 0.4) is 0 Å². The van der Waals surface area contributed by atoms with Gasteiger partial charge in [0.15, 0.2) is 5.83 Å². The summed E-state index contributed by atoms with van der Waals surface area (Å²) in [7, 11) is 2.11. The number of nitrogens with zero attached hydrogens (tertiary/aromatic N) is 6. The fourth-order valence-corrected chi connectivity index (χ4v) is 6.40. The topological polar surface area (TPSA) is 94.8 Å². The summed E-state index contributed by atoms with van der Waals surface area (Å²) in [5.41, 5.74) is 2.86. The summed E-state index contributed by atoms with van der Waals surface area (Å²) in [5.74, 6) is -1.11. The van der Waals surface area contributed by atoms with E-state index >= 15 is 0 Å². The zero-order valence-corrected chi connectivity index (χ0v) is 23.8. The Labute approximate surface area is 245 Å². The average molecular weight is 571 g/mol. The lowest BCUT2D eigenvalue weighted by Gasteiger charge is -2.42. The number of piperazine rings is 1. The molecule has 218 valence electrons. The molecule has 10 heteroatoms. The molecule has 0 N–H and O–H groups in total. The van der Waals surface area contributed by atoms with Gasteiger partial charge in [0.05, 0.1) is 36.9 Å². The van der Waals surface area contributed by atoms with Crippen molar-refractivity contribution in [3.63, 3.8) is 0 Å². The molecule has 42 heavy (non-hydrogen) atoms. The summed E-state index contributed by atoms with van der Waals surface area (Å²) < 4.78 is 26.4. The van der Waals surface area contributed by atoms with Crippen LogP contribution in [0, 0.1) is 11.3 Å². The third-order valence-corrected chi connectivity index (χ3v) is 8.71. The van der Waals surface area contributed by atoms with E-state index in [4.69, 9.17) is 19.4 Å². The van der Waals surface area contributed by atoms with E-state index in [9.17, 15) is 14.4 Å². The van der Waals surface area contributed by atoms with Gasteiger partial charge in [0.2, 0.25) is 0 Å². The molecule has 9 nitrogen and oxygen atoms in total. The molecule has 0 radical (unpaired) electrons. The molecule has 1 aromatic heterocycles. The second kappa shape index (κ2) is 12.0. The molecule has 3 aliphatic rings. The number of carbonyl (C=O) groups excluding carboxylic acids is 1. The van der Waals surface area contributed by atoms with E-state index in [1.165, 1.54) is 4.90 Å². The molecule has 3 atom stereocenters. The van der Waals surface area contributed by atoms with Gasteiger partial charge in [0.1, 0.15) is 12.4 Å². The van der Waals surface area contributed by atoms with Crippen LogP contribution in [0.2, 0.25) is 0 Å². The zero-order chi connectivity index (χ0) is 29.2. The van der Waals surface area contributed by atoms with E-state index in [0.29, 0.717) is 50.6 Å². The van der Waals surface area contributed by atoms with E-state index in [-0.39, 0.29) is 19.1 Å². The minimum absolute atomic E-state index is 0.0693. The number of likely N-dealkylation sites (tertiary alicyclic amines) is 1. The number of rotatable bonds is 7. The number of benzene rings is 2. The van der Waals surface area contributed by atoms with Crippen molar-refractivity contribution in [3.05, 3.63) is 71.7 Å². The Bertz CT molecular complexity index is 1540. The minimum atomic E-state index is -1.02. The molecule has 4 heterocycles. The Morgan fingerprint density at radius 1 is 1.17 bits per heavy atom. The Kier molecular flexibility index (Phi) is 8.05. The van der Waals surface area contributed by atoms with Crippen molar-refractivity contribution < 1.29 is 18.7 Å². The number of anilines is 1. The molecule has 0 bridgehead atoms. The molecule has 0 spiro atoms. The summed E-state index contributed by atoms with van der Waals surface area (Å²) in [6, 6.07) is 16.8. The first-order valence-corrected chi connectivity index (χ1v) is 14.5. The lowest BCUT2D eigenvalue weighted by molar-refractivity contribution is -0.131. The lowest BCUT2D eigenvalue weighted by Crippen LogP contribution is -2.55. The first-order valence-electron chi connectivity index (χ1n) is 14.5. The van der Waals surface area contributed by atoms with E-state index < -0.39 is 17.8 Å². The first kappa shape index (κ1) is 28.1. The van der Waals surface area contributed by atoms with Gasteiger partial charge < -0.3 is 24.2 Å². The largest absolute Gasteiger partial charge is 0.462 e. The molecule has 3 aliphatic heterocycles. The van der Waals surface area contributed by atoms with Crippen LogP contribution in [0.25, 0.3) is 10.8 Å². The van der Waals surface area contributed by atoms with Gasteiger partial charge in [-0.05, 0) is 42.8 Å². The van der Waals surface area contributed by atoms with Crippen LogP contribution in [0.15, 0.2) is 54.9 Å². The summed E-state index contributed by atoms with van der Waals surface area (Å²) >= 11 is 0. The van der Waals surface area contributed by atoms with Crippen LogP contribution in [-0.4, -0.2) is 77.6 Å². The van der Waals surface area contributed by atoms with Gasteiger partial charge in [-0.15, -0.1) is 0 Å². The molecular formula is C32H35FN6O3. The Balaban J connectivity index is 1.32. The number of ether oxygens (including phenoxy) is 2. The third-order valence-electron chi connectivity index (χ3n) is 8.71. The van der Waals surface area contributed by atoms with Gasteiger partial charge in [0, 0.05) is 37.7 Å². The highest BCUT2D eigenvalue weighted by atomic mass is 19.1. The Morgan fingerprint density at radius 2 is 2.00 bits per heavy atom. The van der Waals surface area contributed by atoms with E-state index in [0.717, 1.165) is 47.0 Å². The molecular weight excluding hydrogens is 535 g/mol. The van der Waals surface area contributed by atoms with Crippen molar-refractivity contribution in [2.75, 3.05) is 44.7 Å². The number of aromatic nitrogens is 2. The molecule has 2 saturated heterocycles. The quantitative estimate of drug-likeness (QED) is 0.388. The SMILES string of the molecule is C=C(F)C(=O)N1CCN(c2nc(OC[C@@H]3CCCN3C)nc3c2COC(c2cccc4ccccc24)C3)C[C@@H]1CC#N.